The minimum atomic E-state index is -3.81. The second kappa shape index (κ2) is 4.96. The lowest BCUT2D eigenvalue weighted by Gasteiger charge is -2.20. The van der Waals surface area contributed by atoms with Crippen LogP contribution in [0, 0.1) is 0 Å². The van der Waals surface area contributed by atoms with Gasteiger partial charge in [0.05, 0.1) is 17.1 Å². The van der Waals surface area contributed by atoms with Gasteiger partial charge in [-0.25, -0.2) is 13.1 Å². The monoisotopic (exact) mass is 262 g/mol. The third-order valence-electron chi connectivity index (χ3n) is 2.05. The normalized spacial score (nSPS) is 15.5. The average molecular weight is 262 g/mol. The predicted molar refractivity (Wildman–Crippen MR) is 60.0 cm³/mol. The molecule has 1 aromatic heterocycles. The topological polar surface area (TPSA) is 119 Å². The molecule has 0 aromatic carbocycles. The highest BCUT2D eigenvalue weighted by Gasteiger charge is 2.23. The van der Waals surface area contributed by atoms with Crippen molar-refractivity contribution in [2.45, 2.75) is 17.4 Å². The Labute approximate surface area is 98.2 Å². The molecule has 0 saturated carbocycles. The van der Waals surface area contributed by atoms with Crippen LogP contribution < -0.4 is 10.3 Å². The zero-order chi connectivity index (χ0) is 13.1. The number of rotatable bonds is 5. The van der Waals surface area contributed by atoms with Crippen LogP contribution in [-0.2, 0) is 10.0 Å². The van der Waals surface area contributed by atoms with E-state index in [0.717, 1.165) is 18.3 Å². The van der Waals surface area contributed by atoms with E-state index in [1.54, 1.807) is 0 Å². The Hall–Kier alpha value is -1.22. The summed E-state index contributed by atoms with van der Waals surface area (Å²) in [4.78, 5) is 12.9. The van der Waals surface area contributed by atoms with Gasteiger partial charge in [-0.1, -0.05) is 0 Å². The van der Waals surface area contributed by atoms with Gasteiger partial charge in [-0.2, -0.15) is 0 Å². The molecule has 0 aliphatic carbocycles. The number of aromatic nitrogens is 1. The number of hydrogen-bond donors (Lipinski definition) is 4. The first-order valence-corrected chi connectivity index (χ1v) is 6.27. The fourth-order valence-corrected chi connectivity index (χ4v) is 2.08. The lowest BCUT2D eigenvalue weighted by molar-refractivity contribution is 0.00681. The van der Waals surface area contributed by atoms with Crippen molar-refractivity contribution >= 4 is 10.0 Å². The number of aromatic amines is 1. The van der Waals surface area contributed by atoms with Gasteiger partial charge >= 0.3 is 0 Å². The summed E-state index contributed by atoms with van der Waals surface area (Å²) < 4.78 is 25.5. The van der Waals surface area contributed by atoms with Crippen LogP contribution >= 0.6 is 0 Å². The standard InChI is InChI=1S/C9H14N2O5S/c1-9(14,6-12)5-11-17(15,16)7-2-3-8(13)10-4-7/h2-4,11-12,14H,5-6H2,1H3,(H,10,13). The van der Waals surface area contributed by atoms with E-state index >= 15 is 0 Å². The largest absolute Gasteiger partial charge is 0.393 e. The van der Waals surface area contributed by atoms with E-state index in [4.69, 9.17) is 5.11 Å². The first-order chi connectivity index (χ1) is 7.77. The van der Waals surface area contributed by atoms with Crippen molar-refractivity contribution in [3.05, 3.63) is 28.7 Å². The number of aliphatic hydroxyl groups excluding tert-OH is 1. The maximum absolute atomic E-state index is 11.7. The fourth-order valence-electron chi connectivity index (χ4n) is 0.953. The van der Waals surface area contributed by atoms with Crippen molar-refractivity contribution in [1.29, 1.82) is 0 Å². The lowest BCUT2D eigenvalue weighted by atomic mass is 10.1. The molecule has 1 aromatic rings. The molecule has 0 aliphatic heterocycles. The Kier molecular flexibility index (Phi) is 4.04. The average Bonchev–Trinajstić information content (AvgIpc) is 2.27. The minimum absolute atomic E-state index is 0.120. The molecule has 0 fully saturated rings. The number of sulfonamides is 1. The molecule has 1 unspecified atom stereocenters. The van der Waals surface area contributed by atoms with E-state index in [0.29, 0.717) is 0 Å². The number of aliphatic hydroxyl groups is 2. The Balaban J connectivity index is 2.83. The van der Waals surface area contributed by atoms with Crippen LogP contribution in [0.1, 0.15) is 6.92 Å². The highest BCUT2D eigenvalue weighted by molar-refractivity contribution is 7.89. The third-order valence-corrected chi connectivity index (χ3v) is 3.45. The Morgan fingerprint density at radius 3 is 2.59 bits per heavy atom. The SMILES string of the molecule is CC(O)(CO)CNS(=O)(=O)c1ccc(=O)[nH]c1. The maximum atomic E-state index is 11.7. The maximum Gasteiger partial charge on any atom is 0.247 e. The van der Waals surface area contributed by atoms with Gasteiger partial charge in [0.25, 0.3) is 0 Å². The van der Waals surface area contributed by atoms with Crippen LogP contribution in [-0.4, -0.2) is 42.4 Å². The van der Waals surface area contributed by atoms with Gasteiger partial charge < -0.3 is 15.2 Å². The zero-order valence-electron chi connectivity index (χ0n) is 9.17. The van der Waals surface area contributed by atoms with E-state index in [2.05, 4.69) is 9.71 Å². The van der Waals surface area contributed by atoms with Crippen molar-refractivity contribution in [3.8, 4) is 0 Å². The fraction of sp³-hybridized carbons (Fsp3) is 0.444. The molecule has 8 heteroatoms. The Morgan fingerprint density at radius 1 is 1.47 bits per heavy atom. The first-order valence-electron chi connectivity index (χ1n) is 4.78. The van der Waals surface area contributed by atoms with Gasteiger partial charge in [0.1, 0.15) is 0 Å². The Morgan fingerprint density at radius 2 is 2.12 bits per heavy atom. The summed E-state index contributed by atoms with van der Waals surface area (Å²) in [6.45, 7) is 0.397. The lowest BCUT2D eigenvalue weighted by Crippen LogP contribution is -2.43. The predicted octanol–water partition coefficient (Wildman–Crippen LogP) is -1.60. The van der Waals surface area contributed by atoms with Gasteiger partial charge in [-0.15, -0.1) is 0 Å². The quantitative estimate of drug-likeness (QED) is 0.509. The van der Waals surface area contributed by atoms with Crippen molar-refractivity contribution in [2.24, 2.45) is 0 Å². The van der Waals surface area contributed by atoms with E-state index in [1.165, 1.54) is 6.92 Å². The third kappa shape index (κ3) is 3.93. The number of nitrogens with one attached hydrogen (secondary N) is 2. The Bertz CT molecular complexity index is 514. The molecular formula is C9H14N2O5S. The molecule has 0 aliphatic rings. The molecule has 0 radical (unpaired) electrons. The van der Waals surface area contributed by atoms with Gasteiger partial charge in [0.15, 0.2) is 0 Å². The van der Waals surface area contributed by atoms with E-state index < -0.39 is 27.8 Å². The van der Waals surface area contributed by atoms with Gasteiger partial charge in [0, 0.05) is 18.8 Å². The molecule has 96 valence electrons. The molecular weight excluding hydrogens is 248 g/mol. The van der Waals surface area contributed by atoms with Crippen molar-refractivity contribution in [1.82, 2.24) is 9.71 Å². The molecule has 17 heavy (non-hydrogen) atoms. The summed E-state index contributed by atoms with van der Waals surface area (Å²) in [6.07, 6.45) is 1.05. The van der Waals surface area contributed by atoms with Gasteiger partial charge in [-0.05, 0) is 13.0 Å². The smallest absolute Gasteiger partial charge is 0.247 e. The van der Waals surface area contributed by atoms with Crippen LogP contribution in [0.25, 0.3) is 0 Å². The van der Waals surface area contributed by atoms with Crippen LogP contribution in [0.5, 0.6) is 0 Å². The molecule has 1 atom stereocenters. The van der Waals surface area contributed by atoms with Crippen molar-refractivity contribution < 1.29 is 18.6 Å². The van der Waals surface area contributed by atoms with E-state index in [1.807, 2.05) is 0 Å². The number of pyridine rings is 1. The minimum Gasteiger partial charge on any atom is -0.393 e. The summed E-state index contributed by atoms with van der Waals surface area (Å²) in [5, 5.41) is 18.2. The number of H-pyrrole nitrogens is 1. The van der Waals surface area contributed by atoms with E-state index in [9.17, 15) is 18.3 Å². The van der Waals surface area contributed by atoms with Crippen LogP contribution in [0.15, 0.2) is 28.0 Å². The molecule has 0 bridgehead atoms. The number of hydrogen-bond acceptors (Lipinski definition) is 5. The summed E-state index contributed by atoms with van der Waals surface area (Å²) >= 11 is 0. The summed E-state index contributed by atoms with van der Waals surface area (Å²) in [6, 6.07) is 2.23. The van der Waals surface area contributed by atoms with Gasteiger partial charge in [-0.3, -0.25) is 4.79 Å². The van der Waals surface area contributed by atoms with Crippen LogP contribution in [0.4, 0.5) is 0 Å². The second-order valence-electron chi connectivity index (χ2n) is 3.87. The molecule has 0 amide bonds. The molecule has 7 nitrogen and oxygen atoms in total. The molecule has 4 N–H and O–H groups in total. The van der Waals surface area contributed by atoms with E-state index in [-0.39, 0.29) is 11.4 Å². The van der Waals surface area contributed by atoms with Crippen molar-refractivity contribution in [3.63, 3.8) is 0 Å². The molecule has 0 spiro atoms. The zero-order valence-corrected chi connectivity index (χ0v) is 9.99. The highest BCUT2D eigenvalue weighted by Crippen LogP contribution is 2.06. The van der Waals surface area contributed by atoms with Crippen LogP contribution in [0.3, 0.4) is 0 Å². The second-order valence-corrected chi connectivity index (χ2v) is 5.64. The molecule has 0 saturated heterocycles. The molecule has 1 rings (SSSR count). The summed E-state index contributed by atoms with van der Waals surface area (Å²) in [5.41, 5.74) is -1.94. The summed E-state index contributed by atoms with van der Waals surface area (Å²) in [5.74, 6) is 0. The highest BCUT2D eigenvalue weighted by atomic mass is 32.2. The van der Waals surface area contributed by atoms with Crippen molar-refractivity contribution in [2.75, 3.05) is 13.2 Å². The summed E-state index contributed by atoms with van der Waals surface area (Å²) in [7, 11) is -3.81. The first kappa shape index (κ1) is 13.8. The van der Waals surface area contributed by atoms with Crippen LogP contribution in [0.2, 0.25) is 0 Å². The molecule has 1 heterocycles. The van der Waals surface area contributed by atoms with Gasteiger partial charge in [0.2, 0.25) is 15.6 Å².